The molecule has 0 saturated carbocycles. The van der Waals surface area contributed by atoms with Crippen molar-refractivity contribution >= 4 is 27.7 Å². The molecule has 1 amide bonds. The maximum absolute atomic E-state index is 14.1. The van der Waals surface area contributed by atoms with Crippen molar-refractivity contribution in [1.29, 1.82) is 0 Å². The van der Waals surface area contributed by atoms with E-state index in [1.807, 2.05) is 0 Å². The zero-order chi connectivity index (χ0) is 19.4. The lowest BCUT2D eigenvalue weighted by molar-refractivity contribution is -0.140. The predicted octanol–water partition coefficient (Wildman–Crippen LogP) is 3.09. The Balaban J connectivity index is 1.65. The number of carbonyl (C=O) groups is 1. The van der Waals surface area contributed by atoms with Gasteiger partial charge in [0.1, 0.15) is 5.82 Å². The van der Waals surface area contributed by atoms with Gasteiger partial charge in [-0.05, 0) is 22.0 Å². The molecule has 0 bridgehead atoms. The van der Waals surface area contributed by atoms with Crippen molar-refractivity contribution in [3.05, 3.63) is 58.7 Å². The van der Waals surface area contributed by atoms with Gasteiger partial charge in [0, 0.05) is 30.9 Å². The molecule has 0 atom stereocenters. The highest BCUT2D eigenvalue weighted by molar-refractivity contribution is 9.10. The standard InChI is InChI=1S/C16H14BrF3N6O/c17-12-10-26(9-11-3-1-2-4-13(11)18)23-14(12)22-15(27)16(19,20)5-7-25-8-6-21-24-25/h1-4,6,8,10H,5,7,9H2,(H,22,23,27). The number of benzene rings is 1. The van der Waals surface area contributed by atoms with Crippen LogP contribution in [0.25, 0.3) is 0 Å². The molecule has 0 spiro atoms. The third kappa shape index (κ3) is 4.73. The Morgan fingerprint density at radius 2 is 2.04 bits per heavy atom. The molecule has 0 saturated heterocycles. The Bertz CT molecular complexity index is 928. The van der Waals surface area contributed by atoms with Crippen LogP contribution in [0.5, 0.6) is 0 Å². The SMILES string of the molecule is O=C(Nc1nn(Cc2ccccc2F)cc1Br)C(F)(F)CCn1ccnn1. The summed E-state index contributed by atoms with van der Waals surface area (Å²) < 4.78 is 44.7. The maximum atomic E-state index is 14.1. The summed E-state index contributed by atoms with van der Waals surface area (Å²) >= 11 is 3.16. The van der Waals surface area contributed by atoms with Crippen LogP contribution >= 0.6 is 15.9 Å². The van der Waals surface area contributed by atoms with Gasteiger partial charge in [0.05, 0.1) is 17.2 Å². The highest BCUT2D eigenvalue weighted by Crippen LogP contribution is 2.25. The quantitative estimate of drug-likeness (QED) is 0.609. The van der Waals surface area contributed by atoms with Gasteiger partial charge >= 0.3 is 5.92 Å². The van der Waals surface area contributed by atoms with Crippen LogP contribution in [0.15, 0.2) is 47.3 Å². The molecule has 2 aromatic heterocycles. The molecule has 3 rings (SSSR count). The maximum Gasteiger partial charge on any atom is 0.326 e. The molecule has 1 aromatic carbocycles. The number of anilines is 1. The molecular formula is C16H14BrF3N6O. The Morgan fingerprint density at radius 1 is 1.26 bits per heavy atom. The van der Waals surface area contributed by atoms with E-state index in [4.69, 9.17) is 0 Å². The number of aromatic nitrogens is 5. The van der Waals surface area contributed by atoms with Crippen LogP contribution in [-0.4, -0.2) is 36.6 Å². The third-order valence-corrected chi connectivity index (χ3v) is 4.28. The summed E-state index contributed by atoms with van der Waals surface area (Å²) in [5.41, 5.74) is 0.378. The number of halogens is 4. The molecule has 11 heteroatoms. The number of alkyl halides is 2. The fraction of sp³-hybridized carbons (Fsp3) is 0.250. The van der Waals surface area contributed by atoms with E-state index in [2.05, 4.69) is 36.7 Å². The van der Waals surface area contributed by atoms with Crippen LogP contribution in [-0.2, 0) is 17.9 Å². The molecule has 1 N–H and O–H groups in total. The molecule has 0 aliphatic carbocycles. The molecule has 142 valence electrons. The van der Waals surface area contributed by atoms with Crippen LogP contribution in [0.4, 0.5) is 19.0 Å². The van der Waals surface area contributed by atoms with E-state index in [0.717, 1.165) is 0 Å². The summed E-state index contributed by atoms with van der Waals surface area (Å²) in [6, 6.07) is 6.13. The summed E-state index contributed by atoms with van der Waals surface area (Å²) in [7, 11) is 0. The molecule has 0 aliphatic heterocycles. The highest BCUT2D eigenvalue weighted by atomic mass is 79.9. The minimum Gasteiger partial charge on any atom is -0.303 e. The lowest BCUT2D eigenvalue weighted by Crippen LogP contribution is -2.36. The fourth-order valence-corrected chi connectivity index (χ4v) is 2.70. The number of nitrogens with one attached hydrogen (secondary N) is 1. The van der Waals surface area contributed by atoms with Crippen LogP contribution in [0, 0.1) is 5.82 Å². The van der Waals surface area contributed by atoms with E-state index >= 15 is 0 Å². The average molecular weight is 443 g/mol. The van der Waals surface area contributed by atoms with E-state index in [1.54, 1.807) is 18.2 Å². The van der Waals surface area contributed by atoms with Crippen LogP contribution < -0.4 is 5.32 Å². The van der Waals surface area contributed by atoms with Gasteiger partial charge in [-0.2, -0.15) is 13.9 Å². The highest BCUT2D eigenvalue weighted by Gasteiger charge is 2.39. The second-order valence-electron chi connectivity index (χ2n) is 5.69. The second kappa shape index (κ2) is 7.91. The van der Waals surface area contributed by atoms with Crippen molar-refractivity contribution in [3.8, 4) is 0 Å². The molecule has 0 aliphatic rings. The predicted molar refractivity (Wildman–Crippen MR) is 93.6 cm³/mol. The largest absolute Gasteiger partial charge is 0.326 e. The van der Waals surface area contributed by atoms with Crippen LogP contribution in [0.2, 0.25) is 0 Å². The van der Waals surface area contributed by atoms with Crippen molar-refractivity contribution < 1.29 is 18.0 Å². The lowest BCUT2D eigenvalue weighted by atomic mass is 10.2. The first-order valence-electron chi connectivity index (χ1n) is 7.85. The van der Waals surface area contributed by atoms with E-state index in [-0.39, 0.29) is 18.9 Å². The molecule has 0 fully saturated rings. The van der Waals surface area contributed by atoms with Crippen LogP contribution in [0.1, 0.15) is 12.0 Å². The molecule has 7 nitrogen and oxygen atoms in total. The van der Waals surface area contributed by atoms with Crippen molar-refractivity contribution in [2.75, 3.05) is 5.32 Å². The first-order valence-corrected chi connectivity index (χ1v) is 8.64. The Kier molecular flexibility index (Phi) is 5.59. The first kappa shape index (κ1) is 19.1. The first-order chi connectivity index (χ1) is 12.8. The van der Waals surface area contributed by atoms with Gasteiger partial charge in [-0.25, -0.2) is 4.39 Å². The van der Waals surface area contributed by atoms with Crippen molar-refractivity contribution in [2.24, 2.45) is 0 Å². The Labute approximate surface area is 160 Å². The second-order valence-corrected chi connectivity index (χ2v) is 6.54. The van der Waals surface area contributed by atoms with Crippen LogP contribution in [0.3, 0.4) is 0 Å². The van der Waals surface area contributed by atoms with E-state index in [1.165, 1.54) is 34.0 Å². The number of carbonyl (C=O) groups excluding carboxylic acids is 1. The summed E-state index contributed by atoms with van der Waals surface area (Å²) in [6.45, 7) is -0.0762. The molecular weight excluding hydrogens is 429 g/mol. The van der Waals surface area contributed by atoms with Gasteiger partial charge in [-0.3, -0.25) is 14.2 Å². The van der Waals surface area contributed by atoms with Gasteiger partial charge < -0.3 is 5.32 Å². The lowest BCUT2D eigenvalue weighted by Gasteiger charge is -2.15. The van der Waals surface area contributed by atoms with Gasteiger partial charge in [0.25, 0.3) is 5.91 Å². The van der Waals surface area contributed by atoms with E-state index < -0.39 is 24.1 Å². The van der Waals surface area contributed by atoms with Crippen molar-refractivity contribution in [1.82, 2.24) is 24.8 Å². The zero-order valence-electron chi connectivity index (χ0n) is 13.8. The zero-order valence-corrected chi connectivity index (χ0v) is 15.4. The third-order valence-electron chi connectivity index (χ3n) is 3.70. The van der Waals surface area contributed by atoms with Crippen molar-refractivity contribution in [3.63, 3.8) is 0 Å². The molecule has 0 radical (unpaired) electrons. The summed E-state index contributed by atoms with van der Waals surface area (Å²) in [6.07, 6.45) is 3.51. The van der Waals surface area contributed by atoms with E-state index in [9.17, 15) is 18.0 Å². The van der Waals surface area contributed by atoms with Crippen molar-refractivity contribution in [2.45, 2.75) is 25.4 Å². The van der Waals surface area contributed by atoms with E-state index in [0.29, 0.717) is 10.0 Å². The molecule has 27 heavy (non-hydrogen) atoms. The Morgan fingerprint density at radius 3 is 2.74 bits per heavy atom. The number of hydrogen-bond donors (Lipinski definition) is 1. The normalized spacial score (nSPS) is 11.6. The van der Waals surface area contributed by atoms with Gasteiger partial charge in [0.2, 0.25) is 0 Å². The van der Waals surface area contributed by atoms with Gasteiger partial charge in [0.15, 0.2) is 5.82 Å². The smallest absolute Gasteiger partial charge is 0.303 e. The number of nitrogens with zero attached hydrogens (tertiary/aromatic N) is 5. The molecule has 2 heterocycles. The van der Waals surface area contributed by atoms with Gasteiger partial charge in [-0.1, -0.05) is 23.4 Å². The number of aryl methyl sites for hydroxylation is 1. The Hall–Kier alpha value is -2.69. The summed E-state index contributed by atoms with van der Waals surface area (Å²) in [4.78, 5) is 11.9. The van der Waals surface area contributed by atoms with Gasteiger partial charge in [-0.15, -0.1) is 5.10 Å². The minimum atomic E-state index is -3.62. The topological polar surface area (TPSA) is 77.6 Å². The molecule has 3 aromatic rings. The summed E-state index contributed by atoms with van der Waals surface area (Å²) in [5.74, 6) is -5.59. The summed E-state index contributed by atoms with van der Waals surface area (Å²) in [5, 5.41) is 13.2. The fourth-order valence-electron chi connectivity index (χ4n) is 2.28. The molecule has 0 unspecified atom stereocenters. The number of amides is 1. The minimum absolute atomic E-state index is 0.0724. The monoisotopic (exact) mass is 442 g/mol. The number of rotatable bonds is 7. The average Bonchev–Trinajstić information content (AvgIpc) is 3.25. The number of hydrogen-bond acceptors (Lipinski definition) is 4.